The van der Waals surface area contributed by atoms with Gasteiger partial charge in [-0.1, -0.05) is 0 Å². The monoisotopic (exact) mass is 287 g/mol. The number of rotatable bonds is 3. The van der Waals surface area contributed by atoms with Gasteiger partial charge in [0, 0.05) is 6.20 Å². The van der Waals surface area contributed by atoms with E-state index >= 15 is 0 Å². The number of alkyl halides is 5. The fourth-order valence-electron chi connectivity index (χ4n) is 1.34. The maximum atomic E-state index is 13.4. The zero-order chi connectivity index (χ0) is 14.8. The van der Waals surface area contributed by atoms with E-state index in [-0.39, 0.29) is 0 Å². The molecule has 9 heteroatoms. The van der Waals surface area contributed by atoms with E-state index in [1.807, 2.05) is 0 Å². The van der Waals surface area contributed by atoms with Gasteiger partial charge < -0.3 is 4.74 Å². The van der Waals surface area contributed by atoms with Gasteiger partial charge in [-0.2, -0.15) is 13.2 Å². The molecule has 0 aliphatic heterocycles. The van der Waals surface area contributed by atoms with Crippen LogP contribution in [-0.4, -0.2) is 18.1 Å². The van der Waals surface area contributed by atoms with Gasteiger partial charge in [-0.15, -0.1) is 0 Å². The number of halogens is 6. The molecule has 1 heterocycles. The summed E-state index contributed by atoms with van der Waals surface area (Å²) < 4.78 is 79.8. The van der Waals surface area contributed by atoms with Crippen molar-refractivity contribution in [3.63, 3.8) is 0 Å². The Hall–Kier alpha value is -1.80. The Morgan fingerprint density at radius 3 is 2.42 bits per heavy atom. The van der Waals surface area contributed by atoms with Crippen LogP contribution < -0.4 is 0 Å². The number of nitrogens with zero attached hydrogens (tertiary/aromatic N) is 1. The van der Waals surface area contributed by atoms with Crippen LogP contribution in [0, 0.1) is 5.82 Å². The molecule has 0 atom stereocenters. The Labute approximate surface area is 103 Å². The summed E-state index contributed by atoms with van der Waals surface area (Å²) in [5.74, 6) is -3.17. The molecule has 1 rings (SSSR count). The molecule has 0 saturated heterocycles. The minimum atomic E-state index is -5.20. The molecule has 0 spiro atoms. The van der Waals surface area contributed by atoms with Crippen LogP contribution in [0.25, 0.3) is 0 Å². The van der Waals surface area contributed by atoms with E-state index < -0.39 is 47.6 Å². The fourth-order valence-corrected chi connectivity index (χ4v) is 1.34. The first-order valence-corrected chi connectivity index (χ1v) is 4.78. The quantitative estimate of drug-likeness (QED) is 0.634. The van der Waals surface area contributed by atoms with Crippen LogP contribution in [0.4, 0.5) is 26.3 Å². The first-order chi connectivity index (χ1) is 8.68. The van der Waals surface area contributed by atoms with Crippen LogP contribution >= 0.6 is 0 Å². The number of carbonyl (C=O) groups excluding carboxylic acids is 1. The Kier molecular flexibility index (Phi) is 4.38. The molecule has 0 radical (unpaired) electrons. The third-order valence-corrected chi connectivity index (χ3v) is 2.19. The van der Waals surface area contributed by atoms with Crippen LogP contribution in [0.3, 0.4) is 0 Å². The lowest BCUT2D eigenvalue weighted by Crippen LogP contribution is -2.16. The first kappa shape index (κ1) is 15.3. The van der Waals surface area contributed by atoms with Gasteiger partial charge in [0.15, 0.2) is 11.5 Å². The third kappa shape index (κ3) is 3.36. The summed E-state index contributed by atoms with van der Waals surface area (Å²) in [6.07, 6.45) is -9.11. The van der Waals surface area contributed by atoms with Gasteiger partial charge in [0.05, 0.1) is 19.1 Å². The lowest BCUT2D eigenvalue weighted by molar-refractivity contribution is -0.143. The average molecular weight is 287 g/mol. The average Bonchev–Trinajstić information content (AvgIpc) is 2.26. The summed E-state index contributed by atoms with van der Waals surface area (Å²) in [7, 11) is 0.957. The Balaban J connectivity index is 3.36. The number of esters is 1. The van der Waals surface area contributed by atoms with E-state index in [0.717, 1.165) is 7.11 Å². The van der Waals surface area contributed by atoms with E-state index in [2.05, 4.69) is 9.72 Å². The van der Waals surface area contributed by atoms with Crippen LogP contribution in [-0.2, 0) is 22.1 Å². The highest BCUT2D eigenvalue weighted by Gasteiger charge is 2.39. The SMILES string of the molecule is COC(=O)Cc1cnc(C(F)(F)F)c(F)c1C(F)F. The van der Waals surface area contributed by atoms with Crippen molar-refractivity contribution in [1.82, 2.24) is 4.98 Å². The van der Waals surface area contributed by atoms with Crippen LogP contribution in [0.5, 0.6) is 0 Å². The van der Waals surface area contributed by atoms with Gasteiger partial charge >= 0.3 is 12.1 Å². The van der Waals surface area contributed by atoms with Gasteiger partial charge in [-0.05, 0) is 5.56 Å². The van der Waals surface area contributed by atoms with Gasteiger partial charge in [0.25, 0.3) is 6.43 Å². The summed E-state index contributed by atoms with van der Waals surface area (Å²) in [6, 6.07) is 0. The van der Waals surface area contributed by atoms with E-state index in [1.54, 1.807) is 0 Å². The van der Waals surface area contributed by atoms with Crippen LogP contribution in [0.2, 0.25) is 0 Å². The molecule has 3 nitrogen and oxygen atoms in total. The molecular formula is C10H7F6NO2. The molecule has 0 bridgehead atoms. The van der Waals surface area contributed by atoms with Crippen molar-refractivity contribution >= 4 is 5.97 Å². The van der Waals surface area contributed by atoms with Gasteiger partial charge in [0.2, 0.25) is 0 Å². The summed E-state index contributed by atoms with van der Waals surface area (Å²) in [5.41, 5.74) is -4.18. The second-order valence-electron chi connectivity index (χ2n) is 3.41. The predicted molar refractivity (Wildman–Crippen MR) is 49.9 cm³/mol. The Bertz CT molecular complexity index is 486. The summed E-state index contributed by atoms with van der Waals surface area (Å²) >= 11 is 0. The molecule has 19 heavy (non-hydrogen) atoms. The molecule has 0 amide bonds. The highest BCUT2D eigenvalue weighted by Crippen LogP contribution is 2.35. The standard InChI is InChI=1S/C10H7F6NO2/c1-19-5(18)2-4-3-17-8(10(14,15)16)7(11)6(4)9(12)13/h3,9H,2H2,1H3. The van der Waals surface area contributed by atoms with Crippen LogP contribution in [0.1, 0.15) is 23.2 Å². The topological polar surface area (TPSA) is 39.2 Å². The third-order valence-electron chi connectivity index (χ3n) is 2.19. The molecule has 0 aromatic carbocycles. The molecule has 0 fully saturated rings. The van der Waals surface area contributed by atoms with Crippen molar-refractivity contribution in [3.05, 3.63) is 28.8 Å². The molecule has 106 valence electrons. The maximum absolute atomic E-state index is 13.4. The smallest absolute Gasteiger partial charge is 0.436 e. The molecular weight excluding hydrogens is 280 g/mol. The van der Waals surface area contributed by atoms with Crippen molar-refractivity contribution in [2.75, 3.05) is 7.11 Å². The molecule has 1 aromatic rings. The Morgan fingerprint density at radius 2 is 2.00 bits per heavy atom. The van der Waals surface area contributed by atoms with E-state index in [0.29, 0.717) is 6.20 Å². The molecule has 0 saturated carbocycles. The molecule has 0 aliphatic rings. The van der Waals surface area contributed by atoms with Crippen molar-refractivity contribution in [1.29, 1.82) is 0 Å². The number of ether oxygens (including phenoxy) is 1. The van der Waals surface area contributed by atoms with Crippen molar-refractivity contribution < 1.29 is 35.9 Å². The van der Waals surface area contributed by atoms with Crippen molar-refractivity contribution in [2.45, 2.75) is 19.0 Å². The number of hydrogen-bond donors (Lipinski definition) is 0. The minimum Gasteiger partial charge on any atom is -0.469 e. The summed E-state index contributed by atoms with van der Waals surface area (Å²) in [5, 5.41) is 0. The number of methoxy groups -OCH3 is 1. The maximum Gasteiger partial charge on any atom is 0.436 e. The lowest BCUT2D eigenvalue weighted by Gasteiger charge is -2.13. The molecule has 0 N–H and O–H groups in total. The number of pyridine rings is 1. The highest BCUT2D eigenvalue weighted by atomic mass is 19.4. The fraction of sp³-hybridized carbons (Fsp3) is 0.400. The largest absolute Gasteiger partial charge is 0.469 e. The van der Waals surface area contributed by atoms with E-state index in [1.165, 1.54) is 0 Å². The highest BCUT2D eigenvalue weighted by molar-refractivity contribution is 5.72. The Morgan fingerprint density at radius 1 is 1.42 bits per heavy atom. The molecule has 0 unspecified atom stereocenters. The zero-order valence-corrected chi connectivity index (χ0v) is 9.39. The normalized spacial score (nSPS) is 11.8. The zero-order valence-electron chi connectivity index (χ0n) is 9.39. The van der Waals surface area contributed by atoms with Crippen molar-refractivity contribution in [3.8, 4) is 0 Å². The predicted octanol–water partition coefficient (Wildman–Crippen LogP) is 2.89. The molecule has 0 aliphatic carbocycles. The molecule has 1 aromatic heterocycles. The van der Waals surface area contributed by atoms with Crippen molar-refractivity contribution in [2.24, 2.45) is 0 Å². The summed E-state index contributed by atoms with van der Waals surface area (Å²) in [6.45, 7) is 0. The number of carbonyl (C=O) groups is 1. The van der Waals surface area contributed by atoms with Gasteiger partial charge in [-0.25, -0.2) is 18.2 Å². The second kappa shape index (κ2) is 5.45. The summed E-state index contributed by atoms with van der Waals surface area (Å²) in [4.78, 5) is 13.6. The lowest BCUT2D eigenvalue weighted by atomic mass is 10.1. The van der Waals surface area contributed by atoms with E-state index in [9.17, 15) is 31.1 Å². The minimum absolute atomic E-state index is 0.393. The van der Waals surface area contributed by atoms with Gasteiger partial charge in [0.1, 0.15) is 0 Å². The van der Waals surface area contributed by atoms with Crippen LogP contribution in [0.15, 0.2) is 6.20 Å². The number of hydrogen-bond acceptors (Lipinski definition) is 3. The van der Waals surface area contributed by atoms with Gasteiger partial charge in [-0.3, -0.25) is 4.79 Å². The first-order valence-electron chi connectivity index (χ1n) is 4.78. The number of aromatic nitrogens is 1. The second-order valence-corrected chi connectivity index (χ2v) is 3.41. The van der Waals surface area contributed by atoms with E-state index in [4.69, 9.17) is 0 Å².